The van der Waals surface area contributed by atoms with E-state index in [0.717, 1.165) is 45.5 Å². The zero-order valence-electron chi connectivity index (χ0n) is 32.8. The third kappa shape index (κ3) is 4.65. The van der Waals surface area contributed by atoms with E-state index < -0.39 is 0 Å². The third-order valence-electron chi connectivity index (χ3n) is 11.8. The molecule has 0 N–H and O–H groups in total. The molecule has 0 radical (unpaired) electrons. The molecule has 0 atom stereocenters. The highest BCUT2D eigenvalue weighted by molar-refractivity contribution is 7.33. The molecule has 0 spiro atoms. The summed E-state index contributed by atoms with van der Waals surface area (Å²) in [6.45, 7) is 23.1. The second-order valence-electron chi connectivity index (χ2n) is 17.5. The Balaban J connectivity index is 1.33. The van der Waals surface area contributed by atoms with Crippen molar-refractivity contribution in [2.75, 3.05) is 23.4 Å². The lowest BCUT2D eigenvalue weighted by Gasteiger charge is -2.44. The fourth-order valence-corrected chi connectivity index (χ4v) is 10.5. The highest BCUT2D eigenvalue weighted by Crippen LogP contribution is 2.53. The molecule has 0 amide bonds. The Kier molecular flexibility index (Phi) is 6.97. The molecular formula is C46H45BN2O4S. The topological polar surface area (TPSA) is 43.4 Å². The van der Waals surface area contributed by atoms with Gasteiger partial charge >= 0.3 is 0 Å². The lowest BCUT2D eigenvalue weighted by atomic mass is 9.36. The second kappa shape index (κ2) is 11.2. The summed E-state index contributed by atoms with van der Waals surface area (Å²) < 4.78 is 26.9. The molecule has 4 aliphatic heterocycles. The maximum absolute atomic E-state index is 6.15. The Hall–Kier alpha value is -5.08. The molecule has 0 bridgehead atoms. The number of hydrogen-bond donors (Lipinski definition) is 0. The highest BCUT2D eigenvalue weighted by atomic mass is 32.1. The zero-order valence-corrected chi connectivity index (χ0v) is 33.6. The number of rotatable bonds is 2. The minimum absolute atomic E-state index is 0.00768. The van der Waals surface area contributed by atoms with Gasteiger partial charge in [0.15, 0.2) is 23.0 Å². The summed E-state index contributed by atoms with van der Waals surface area (Å²) in [5, 5.41) is 1.27. The maximum atomic E-state index is 6.15. The highest BCUT2D eigenvalue weighted by Gasteiger charge is 2.47. The van der Waals surface area contributed by atoms with E-state index in [0.29, 0.717) is 0 Å². The van der Waals surface area contributed by atoms with Crippen molar-refractivity contribution < 1.29 is 18.9 Å². The van der Waals surface area contributed by atoms with Gasteiger partial charge in [0.2, 0.25) is 13.6 Å². The van der Waals surface area contributed by atoms with Crippen LogP contribution in [0.1, 0.15) is 74.9 Å². The molecular weight excluding hydrogens is 687 g/mol. The Bertz CT molecular complexity index is 2590. The fraction of sp³-hybridized carbons (Fsp3) is 0.304. The number of benzene rings is 5. The smallest absolute Gasteiger partial charge is 0.264 e. The molecule has 0 unspecified atom stereocenters. The Morgan fingerprint density at radius 3 is 1.93 bits per heavy atom. The second-order valence-corrected chi connectivity index (χ2v) is 18.5. The van der Waals surface area contributed by atoms with Crippen molar-refractivity contribution in [2.45, 2.75) is 80.1 Å². The van der Waals surface area contributed by atoms with E-state index in [2.05, 4.69) is 146 Å². The molecule has 4 aliphatic rings. The minimum atomic E-state index is -0.0252. The van der Waals surface area contributed by atoms with Gasteiger partial charge in [-0.1, -0.05) is 65.8 Å². The van der Waals surface area contributed by atoms with Crippen molar-refractivity contribution >= 4 is 78.0 Å². The van der Waals surface area contributed by atoms with E-state index in [1.54, 1.807) is 0 Å². The van der Waals surface area contributed by atoms with E-state index in [9.17, 15) is 0 Å². The standard InChI is InChI=1S/C46H45BN2O4S/c1-24-16-29(46(8,9)10)17-25(2)40(24)48-32-12-11-13-33-39(32)47(31-20-35-36(21-34(31)48)51-22-50-35)44-42(30-19-28(45(5,6)7)14-15-38(30)54-44)49(33)41-26(3)18-37-43(27(41)4)53-23-52-37/h11-21H,22-23H2,1-10H3. The molecule has 6 nitrogen and oxygen atoms in total. The molecule has 0 fully saturated rings. The van der Waals surface area contributed by atoms with E-state index >= 15 is 0 Å². The Labute approximate surface area is 322 Å². The average Bonchev–Trinajstić information content (AvgIpc) is 3.86. The molecule has 5 heterocycles. The van der Waals surface area contributed by atoms with Crippen molar-refractivity contribution in [2.24, 2.45) is 0 Å². The van der Waals surface area contributed by atoms with Crippen LogP contribution in [-0.2, 0) is 10.8 Å². The summed E-state index contributed by atoms with van der Waals surface area (Å²) in [5.41, 5.74) is 17.0. The van der Waals surface area contributed by atoms with E-state index in [4.69, 9.17) is 18.9 Å². The van der Waals surface area contributed by atoms with E-state index in [1.807, 2.05) is 11.3 Å². The number of ether oxygens (including phenoxy) is 4. The van der Waals surface area contributed by atoms with Crippen LogP contribution in [0, 0.1) is 27.7 Å². The van der Waals surface area contributed by atoms with E-state index in [-0.39, 0.29) is 31.1 Å². The van der Waals surface area contributed by atoms with Gasteiger partial charge in [-0.3, -0.25) is 0 Å². The van der Waals surface area contributed by atoms with Gasteiger partial charge in [-0.2, -0.15) is 0 Å². The SMILES string of the molecule is Cc1cc(C(C)(C)C)cc(C)c1N1c2cc3c(cc2B2c4sc5ccc(C(C)(C)C)cc5c4N(c4c(C)cc5c(c4C)OCO5)c4cccc1c42)OCO3. The van der Waals surface area contributed by atoms with Crippen LogP contribution in [-0.4, -0.2) is 20.3 Å². The summed E-state index contributed by atoms with van der Waals surface area (Å²) >= 11 is 1.91. The fourth-order valence-electron chi connectivity index (χ4n) is 9.19. The van der Waals surface area contributed by atoms with Crippen LogP contribution < -0.4 is 44.4 Å². The maximum Gasteiger partial charge on any atom is 0.264 e. The predicted molar refractivity (Wildman–Crippen MR) is 224 cm³/mol. The monoisotopic (exact) mass is 732 g/mol. The average molecular weight is 733 g/mol. The third-order valence-corrected chi connectivity index (χ3v) is 13.0. The van der Waals surface area contributed by atoms with Gasteiger partial charge in [-0.15, -0.1) is 11.3 Å². The summed E-state index contributed by atoms with van der Waals surface area (Å²) in [6.07, 6.45) is 0. The first kappa shape index (κ1) is 33.5. The van der Waals surface area contributed by atoms with Crippen LogP contribution in [0.15, 0.2) is 66.7 Å². The number of hydrogen-bond acceptors (Lipinski definition) is 7. The minimum Gasteiger partial charge on any atom is -0.454 e. The molecule has 0 saturated carbocycles. The van der Waals surface area contributed by atoms with Crippen LogP contribution in [0.3, 0.4) is 0 Å². The molecule has 8 heteroatoms. The molecule has 272 valence electrons. The van der Waals surface area contributed by atoms with Gasteiger partial charge in [0.05, 0.1) is 17.1 Å². The van der Waals surface area contributed by atoms with Crippen LogP contribution in [0.5, 0.6) is 23.0 Å². The van der Waals surface area contributed by atoms with Gasteiger partial charge in [0, 0.05) is 43.6 Å². The van der Waals surface area contributed by atoms with E-state index in [1.165, 1.54) is 70.8 Å². The summed E-state index contributed by atoms with van der Waals surface area (Å²) in [6, 6.07) is 25.3. The Morgan fingerprint density at radius 2 is 1.22 bits per heavy atom. The number of aryl methyl sites for hydroxylation is 3. The molecule has 10 rings (SSSR count). The summed E-state index contributed by atoms with van der Waals surface area (Å²) in [5.74, 6) is 3.22. The quantitative estimate of drug-likeness (QED) is 0.165. The molecule has 0 aliphatic carbocycles. The van der Waals surface area contributed by atoms with Gasteiger partial charge < -0.3 is 28.7 Å². The van der Waals surface area contributed by atoms with Crippen molar-refractivity contribution in [3.8, 4) is 23.0 Å². The lowest BCUT2D eigenvalue weighted by Crippen LogP contribution is -2.60. The molecule has 6 aromatic rings. The molecule has 1 aromatic heterocycles. The van der Waals surface area contributed by atoms with Gasteiger partial charge in [0.25, 0.3) is 6.71 Å². The Morgan fingerprint density at radius 1 is 0.593 bits per heavy atom. The summed E-state index contributed by atoms with van der Waals surface area (Å²) in [4.78, 5) is 5.04. The van der Waals surface area contributed by atoms with Crippen molar-refractivity contribution in [3.05, 3.63) is 100 Å². The van der Waals surface area contributed by atoms with Crippen molar-refractivity contribution in [3.63, 3.8) is 0 Å². The van der Waals surface area contributed by atoms with Gasteiger partial charge in [-0.25, -0.2) is 0 Å². The number of anilines is 6. The van der Waals surface area contributed by atoms with Crippen molar-refractivity contribution in [1.82, 2.24) is 0 Å². The number of nitrogens with zero attached hydrogens (tertiary/aromatic N) is 2. The van der Waals surface area contributed by atoms with Gasteiger partial charge in [-0.05, 0) is 114 Å². The number of thiophene rings is 1. The molecule has 54 heavy (non-hydrogen) atoms. The number of fused-ring (bicyclic) bond motifs is 8. The van der Waals surface area contributed by atoms with Crippen LogP contribution >= 0.6 is 11.3 Å². The first-order valence-corrected chi connectivity index (χ1v) is 19.8. The largest absolute Gasteiger partial charge is 0.454 e. The predicted octanol–water partition coefficient (Wildman–Crippen LogP) is 10.3. The van der Waals surface area contributed by atoms with Crippen LogP contribution in [0.25, 0.3) is 10.1 Å². The molecule has 5 aromatic carbocycles. The first-order chi connectivity index (χ1) is 25.7. The normalized spacial score (nSPS) is 15.2. The van der Waals surface area contributed by atoms with Crippen molar-refractivity contribution in [1.29, 1.82) is 0 Å². The molecule has 0 saturated heterocycles. The van der Waals surface area contributed by atoms with Crippen LogP contribution in [0.4, 0.5) is 34.1 Å². The van der Waals surface area contributed by atoms with Crippen LogP contribution in [0.2, 0.25) is 0 Å². The lowest BCUT2D eigenvalue weighted by molar-refractivity contribution is 0.173. The first-order valence-electron chi connectivity index (χ1n) is 19.0. The summed E-state index contributed by atoms with van der Waals surface area (Å²) in [7, 11) is 0. The zero-order chi connectivity index (χ0) is 37.6. The van der Waals surface area contributed by atoms with Gasteiger partial charge in [0.1, 0.15) is 0 Å².